The molecule has 3 nitrogen and oxygen atoms in total. The van der Waals surface area contributed by atoms with Gasteiger partial charge in [-0.15, -0.1) is 0 Å². The van der Waals surface area contributed by atoms with Crippen LogP contribution >= 0.6 is 0 Å². The van der Waals surface area contributed by atoms with E-state index in [1.165, 1.54) is 16.7 Å². The molecule has 150 valence electrons. The molecule has 0 unspecified atom stereocenters. The largest absolute Gasteiger partial charge is 0.217 e. The first-order chi connectivity index (χ1) is 14.6. The van der Waals surface area contributed by atoms with Crippen LogP contribution in [0.1, 0.15) is 72.7 Å². The van der Waals surface area contributed by atoms with E-state index in [9.17, 15) is 0 Å². The van der Waals surface area contributed by atoms with Crippen molar-refractivity contribution in [1.82, 2.24) is 15.0 Å². The van der Waals surface area contributed by atoms with E-state index in [4.69, 9.17) is 15.0 Å². The lowest BCUT2D eigenvalue weighted by molar-refractivity contribution is 0.676. The third-order valence-electron chi connectivity index (χ3n) is 5.75. The second-order valence-electron chi connectivity index (χ2n) is 7.81. The van der Waals surface area contributed by atoms with Gasteiger partial charge in [-0.3, -0.25) is 0 Å². The Kier molecular flexibility index (Phi) is 5.99. The summed E-state index contributed by atoms with van der Waals surface area (Å²) in [6.07, 6.45) is 0. The molecule has 0 radical (unpaired) electrons. The standard InChI is InChI=1S/C27H27N3/c1-19(22-13-7-4-8-14-22)25-28-26(20(2)23-15-9-5-10-16-23)30-27(29-25)21(3)24-17-11-6-12-18-24/h4-21H,1-3H3/t19-,20-,21-/m0/s1. The van der Waals surface area contributed by atoms with Gasteiger partial charge in [-0.25, -0.2) is 15.0 Å². The minimum absolute atomic E-state index is 0.0950. The Morgan fingerprint density at radius 1 is 0.400 bits per heavy atom. The summed E-state index contributed by atoms with van der Waals surface area (Å²) in [5.41, 5.74) is 3.63. The van der Waals surface area contributed by atoms with Crippen molar-refractivity contribution in [2.24, 2.45) is 0 Å². The van der Waals surface area contributed by atoms with Crippen LogP contribution in [0.2, 0.25) is 0 Å². The zero-order valence-electron chi connectivity index (χ0n) is 17.7. The van der Waals surface area contributed by atoms with Gasteiger partial charge < -0.3 is 0 Å². The average Bonchev–Trinajstić information content (AvgIpc) is 2.84. The van der Waals surface area contributed by atoms with Crippen molar-refractivity contribution in [3.63, 3.8) is 0 Å². The Labute approximate surface area is 178 Å². The molecule has 3 aromatic carbocycles. The van der Waals surface area contributed by atoms with E-state index in [-0.39, 0.29) is 17.8 Å². The lowest BCUT2D eigenvalue weighted by Gasteiger charge is -2.19. The summed E-state index contributed by atoms with van der Waals surface area (Å²) in [7, 11) is 0. The molecular formula is C27H27N3. The fourth-order valence-electron chi connectivity index (χ4n) is 3.68. The molecule has 0 aliphatic rings. The van der Waals surface area contributed by atoms with Gasteiger partial charge in [-0.05, 0) is 16.7 Å². The number of hydrogen-bond donors (Lipinski definition) is 0. The molecule has 0 spiro atoms. The highest BCUT2D eigenvalue weighted by molar-refractivity contribution is 5.30. The SMILES string of the molecule is C[C@@H](c1ccccc1)c1nc([C@@H](C)c2ccccc2)nc([C@@H](C)c2ccccc2)n1. The normalized spacial score (nSPS) is 14.1. The minimum atomic E-state index is 0.0950. The van der Waals surface area contributed by atoms with Crippen LogP contribution in [-0.4, -0.2) is 15.0 Å². The highest BCUT2D eigenvalue weighted by atomic mass is 15.0. The van der Waals surface area contributed by atoms with E-state index in [0.29, 0.717) is 0 Å². The Morgan fingerprint density at radius 3 is 0.867 bits per heavy atom. The maximum atomic E-state index is 4.94. The summed E-state index contributed by atoms with van der Waals surface area (Å²) < 4.78 is 0. The van der Waals surface area contributed by atoms with E-state index in [0.717, 1.165) is 17.5 Å². The summed E-state index contributed by atoms with van der Waals surface area (Å²) in [6, 6.07) is 31.3. The molecule has 0 saturated carbocycles. The first-order valence-corrected chi connectivity index (χ1v) is 10.5. The van der Waals surface area contributed by atoms with Crippen molar-refractivity contribution in [3.8, 4) is 0 Å². The Bertz CT molecular complexity index is 925. The molecule has 0 aliphatic heterocycles. The number of nitrogens with zero attached hydrogens (tertiary/aromatic N) is 3. The van der Waals surface area contributed by atoms with Crippen LogP contribution in [0.25, 0.3) is 0 Å². The van der Waals surface area contributed by atoms with E-state index >= 15 is 0 Å². The van der Waals surface area contributed by atoms with Gasteiger partial charge >= 0.3 is 0 Å². The molecule has 0 bridgehead atoms. The van der Waals surface area contributed by atoms with Crippen LogP contribution in [0.5, 0.6) is 0 Å². The molecule has 1 heterocycles. The molecule has 1 aromatic heterocycles. The van der Waals surface area contributed by atoms with Crippen molar-refractivity contribution in [2.45, 2.75) is 38.5 Å². The van der Waals surface area contributed by atoms with Gasteiger partial charge in [0.05, 0.1) is 0 Å². The molecule has 0 aliphatic carbocycles. The van der Waals surface area contributed by atoms with Crippen LogP contribution in [-0.2, 0) is 0 Å². The quantitative estimate of drug-likeness (QED) is 0.384. The molecule has 30 heavy (non-hydrogen) atoms. The van der Waals surface area contributed by atoms with Gasteiger partial charge in [-0.1, -0.05) is 112 Å². The zero-order chi connectivity index (χ0) is 20.9. The summed E-state index contributed by atoms with van der Waals surface area (Å²) in [4.78, 5) is 14.8. The van der Waals surface area contributed by atoms with E-state index in [1.54, 1.807) is 0 Å². The van der Waals surface area contributed by atoms with Crippen molar-refractivity contribution in [3.05, 3.63) is 125 Å². The van der Waals surface area contributed by atoms with E-state index in [1.807, 2.05) is 18.2 Å². The number of benzene rings is 3. The highest BCUT2D eigenvalue weighted by Crippen LogP contribution is 2.28. The molecule has 0 saturated heterocycles. The number of rotatable bonds is 6. The van der Waals surface area contributed by atoms with Crippen molar-refractivity contribution in [1.29, 1.82) is 0 Å². The van der Waals surface area contributed by atoms with Gasteiger partial charge in [0, 0.05) is 17.8 Å². The lowest BCUT2D eigenvalue weighted by atomic mass is 9.97. The molecule has 0 fully saturated rings. The second-order valence-corrected chi connectivity index (χ2v) is 7.81. The topological polar surface area (TPSA) is 38.7 Å². The third-order valence-corrected chi connectivity index (χ3v) is 5.75. The fraction of sp³-hybridized carbons (Fsp3) is 0.222. The highest BCUT2D eigenvalue weighted by Gasteiger charge is 2.21. The Hall–Kier alpha value is -3.33. The van der Waals surface area contributed by atoms with Gasteiger partial charge in [0.2, 0.25) is 0 Å². The monoisotopic (exact) mass is 393 g/mol. The Morgan fingerprint density at radius 2 is 0.633 bits per heavy atom. The minimum Gasteiger partial charge on any atom is -0.217 e. The third kappa shape index (κ3) is 4.30. The van der Waals surface area contributed by atoms with Gasteiger partial charge in [0.15, 0.2) is 0 Å². The molecule has 3 atom stereocenters. The van der Waals surface area contributed by atoms with Gasteiger partial charge in [0.1, 0.15) is 17.5 Å². The van der Waals surface area contributed by atoms with Crippen LogP contribution < -0.4 is 0 Å². The summed E-state index contributed by atoms with van der Waals surface area (Å²) in [5.74, 6) is 2.76. The lowest BCUT2D eigenvalue weighted by Crippen LogP contribution is -2.15. The van der Waals surface area contributed by atoms with Crippen molar-refractivity contribution < 1.29 is 0 Å². The molecule has 3 heteroatoms. The van der Waals surface area contributed by atoms with E-state index in [2.05, 4.69) is 93.6 Å². The molecule has 0 amide bonds. The van der Waals surface area contributed by atoms with Gasteiger partial charge in [-0.2, -0.15) is 0 Å². The second kappa shape index (κ2) is 9.00. The predicted octanol–water partition coefficient (Wildman–Crippen LogP) is 6.33. The van der Waals surface area contributed by atoms with Crippen LogP contribution in [0.3, 0.4) is 0 Å². The number of aromatic nitrogens is 3. The fourth-order valence-corrected chi connectivity index (χ4v) is 3.68. The average molecular weight is 394 g/mol. The molecule has 0 N–H and O–H groups in total. The summed E-state index contributed by atoms with van der Waals surface area (Å²) in [6.45, 7) is 6.50. The first-order valence-electron chi connectivity index (χ1n) is 10.5. The summed E-state index contributed by atoms with van der Waals surface area (Å²) >= 11 is 0. The number of hydrogen-bond acceptors (Lipinski definition) is 3. The molecular weight excluding hydrogens is 366 g/mol. The van der Waals surface area contributed by atoms with Crippen molar-refractivity contribution in [2.75, 3.05) is 0 Å². The van der Waals surface area contributed by atoms with Crippen molar-refractivity contribution >= 4 is 0 Å². The zero-order valence-corrected chi connectivity index (χ0v) is 17.7. The van der Waals surface area contributed by atoms with Crippen LogP contribution in [0.4, 0.5) is 0 Å². The maximum Gasteiger partial charge on any atom is 0.139 e. The smallest absolute Gasteiger partial charge is 0.139 e. The predicted molar refractivity (Wildman–Crippen MR) is 122 cm³/mol. The summed E-state index contributed by atoms with van der Waals surface area (Å²) in [5, 5.41) is 0. The Balaban J connectivity index is 1.79. The molecule has 4 rings (SSSR count). The first kappa shape index (κ1) is 20.0. The molecule has 4 aromatic rings. The maximum absolute atomic E-state index is 4.94. The van der Waals surface area contributed by atoms with Crippen LogP contribution in [0.15, 0.2) is 91.0 Å². The van der Waals surface area contributed by atoms with Gasteiger partial charge in [0.25, 0.3) is 0 Å². The van der Waals surface area contributed by atoms with E-state index < -0.39 is 0 Å². The van der Waals surface area contributed by atoms with Crippen LogP contribution in [0, 0.1) is 0 Å².